The van der Waals surface area contributed by atoms with Crippen molar-refractivity contribution in [2.45, 2.75) is 51.5 Å². The molecule has 6 heteroatoms. The van der Waals surface area contributed by atoms with Crippen LogP contribution in [0.2, 0.25) is 0 Å². The van der Waals surface area contributed by atoms with E-state index in [2.05, 4.69) is 39.7 Å². The Hall–Kier alpha value is -1.43. The van der Waals surface area contributed by atoms with Crippen molar-refractivity contribution in [1.82, 2.24) is 19.5 Å². The van der Waals surface area contributed by atoms with Gasteiger partial charge in [-0.2, -0.15) is 0 Å². The molecule has 1 aliphatic carbocycles. The van der Waals surface area contributed by atoms with Crippen LogP contribution in [0.5, 0.6) is 0 Å². The topological polar surface area (TPSA) is 63.6 Å². The highest BCUT2D eigenvalue weighted by Crippen LogP contribution is 2.36. The number of rotatable bonds is 3. The van der Waals surface area contributed by atoms with Crippen molar-refractivity contribution in [3.8, 4) is 11.5 Å². The zero-order valence-electron chi connectivity index (χ0n) is 12.3. The van der Waals surface area contributed by atoms with Crippen LogP contribution in [0.4, 0.5) is 0 Å². The van der Waals surface area contributed by atoms with Gasteiger partial charge in [0.2, 0.25) is 0 Å². The van der Waals surface area contributed by atoms with Crippen LogP contribution in [-0.2, 0) is 0 Å². The number of H-pyrrole nitrogens is 1. The van der Waals surface area contributed by atoms with E-state index in [0.29, 0.717) is 16.2 Å². The zero-order chi connectivity index (χ0) is 15.0. The Labute approximate surface area is 132 Å². The summed E-state index contributed by atoms with van der Waals surface area (Å²) in [4.78, 5) is 24.0. The van der Waals surface area contributed by atoms with Crippen molar-refractivity contribution in [1.29, 1.82) is 0 Å². The Morgan fingerprint density at radius 1 is 1.38 bits per heavy atom. The molecule has 0 spiro atoms. The summed E-state index contributed by atoms with van der Waals surface area (Å²) >= 11 is 3.41. The Morgan fingerprint density at radius 3 is 2.76 bits per heavy atom. The molecule has 0 bridgehead atoms. The number of aromatic nitrogens is 4. The molecule has 1 N–H and O–H groups in total. The molecule has 112 valence electrons. The molecule has 0 radical (unpaired) electrons. The van der Waals surface area contributed by atoms with Crippen molar-refractivity contribution in [2.75, 3.05) is 0 Å². The molecule has 1 fully saturated rings. The number of nitrogens with one attached hydrogen (secondary N) is 1. The Bertz CT molecular complexity index is 698. The van der Waals surface area contributed by atoms with E-state index in [-0.39, 0.29) is 11.6 Å². The third-order valence-corrected chi connectivity index (χ3v) is 4.86. The summed E-state index contributed by atoms with van der Waals surface area (Å²) in [5.41, 5.74) is 1.63. The Morgan fingerprint density at radius 2 is 2.10 bits per heavy atom. The third-order valence-electron chi connectivity index (χ3n) is 4.10. The van der Waals surface area contributed by atoms with Gasteiger partial charge in [-0.15, -0.1) is 0 Å². The number of imidazole rings is 1. The van der Waals surface area contributed by atoms with Crippen LogP contribution in [-0.4, -0.2) is 19.5 Å². The minimum atomic E-state index is -0.113. The highest BCUT2D eigenvalue weighted by atomic mass is 79.9. The lowest BCUT2D eigenvalue weighted by molar-refractivity contribution is 0.602. The maximum atomic E-state index is 12.2. The second kappa shape index (κ2) is 5.75. The molecular formula is C15H19BrN4O. The first-order valence-electron chi connectivity index (χ1n) is 7.40. The van der Waals surface area contributed by atoms with Crippen LogP contribution < -0.4 is 5.56 Å². The van der Waals surface area contributed by atoms with Crippen molar-refractivity contribution < 1.29 is 0 Å². The van der Waals surface area contributed by atoms with E-state index in [1.165, 1.54) is 12.8 Å². The molecule has 0 aromatic carbocycles. The summed E-state index contributed by atoms with van der Waals surface area (Å²) in [6.07, 6.45) is 8.17. The van der Waals surface area contributed by atoms with E-state index in [1.54, 1.807) is 12.5 Å². The molecule has 0 amide bonds. The van der Waals surface area contributed by atoms with Gasteiger partial charge >= 0.3 is 0 Å². The van der Waals surface area contributed by atoms with Gasteiger partial charge in [0.1, 0.15) is 10.2 Å². The molecule has 1 aliphatic rings. The first kappa shape index (κ1) is 14.5. The van der Waals surface area contributed by atoms with Gasteiger partial charge in [-0.1, -0.05) is 12.8 Å². The quantitative estimate of drug-likeness (QED) is 0.918. The molecule has 0 saturated heterocycles. The normalized spacial score (nSPS) is 16.0. The maximum Gasteiger partial charge on any atom is 0.265 e. The number of hydrogen-bond donors (Lipinski definition) is 1. The summed E-state index contributed by atoms with van der Waals surface area (Å²) in [7, 11) is 0. The van der Waals surface area contributed by atoms with E-state index in [4.69, 9.17) is 4.98 Å². The fraction of sp³-hybridized carbons (Fsp3) is 0.533. The zero-order valence-corrected chi connectivity index (χ0v) is 13.9. The standard InChI is InChI=1S/C15H19BrN4O/c1-9(2)20-8-17-7-11(20)14-18-13(10-5-3-4-6-10)12(16)15(21)19-14/h7-10H,3-6H2,1-2H3,(H,18,19,21). The number of hydrogen-bond acceptors (Lipinski definition) is 3. The summed E-state index contributed by atoms with van der Waals surface area (Å²) in [6, 6.07) is 0.270. The van der Waals surface area contributed by atoms with Gasteiger partial charge in [0.15, 0.2) is 5.82 Å². The van der Waals surface area contributed by atoms with E-state index < -0.39 is 0 Å². The molecule has 0 aliphatic heterocycles. The second-order valence-electron chi connectivity index (χ2n) is 5.88. The maximum absolute atomic E-state index is 12.2. The van der Waals surface area contributed by atoms with E-state index >= 15 is 0 Å². The van der Waals surface area contributed by atoms with Gasteiger partial charge in [-0.3, -0.25) is 4.79 Å². The van der Waals surface area contributed by atoms with Crippen LogP contribution in [0.25, 0.3) is 11.5 Å². The second-order valence-corrected chi connectivity index (χ2v) is 6.67. The average Bonchev–Trinajstić information content (AvgIpc) is 3.11. The molecule has 1 saturated carbocycles. The van der Waals surface area contributed by atoms with Crippen molar-refractivity contribution in [2.24, 2.45) is 0 Å². The average molecular weight is 351 g/mol. The summed E-state index contributed by atoms with van der Waals surface area (Å²) in [6.45, 7) is 4.17. The van der Waals surface area contributed by atoms with Crippen LogP contribution >= 0.6 is 15.9 Å². The summed E-state index contributed by atoms with van der Waals surface area (Å²) in [5, 5.41) is 0. The lowest BCUT2D eigenvalue weighted by Gasteiger charge is -2.14. The molecular weight excluding hydrogens is 332 g/mol. The SMILES string of the molecule is CC(C)n1cncc1-c1nc(C2CCCC2)c(Br)c(=O)[nH]1. The van der Waals surface area contributed by atoms with Crippen LogP contribution in [0, 0.1) is 0 Å². The summed E-state index contributed by atoms with van der Waals surface area (Å²) in [5.74, 6) is 0.993. The number of nitrogens with zero attached hydrogens (tertiary/aromatic N) is 3. The monoisotopic (exact) mass is 350 g/mol. The fourth-order valence-corrected chi connectivity index (χ4v) is 3.48. The van der Waals surface area contributed by atoms with Gasteiger partial charge in [0.05, 0.1) is 18.2 Å². The molecule has 5 nitrogen and oxygen atoms in total. The van der Waals surface area contributed by atoms with Gasteiger partial charge < -0.3 is 9.55 Å². The van der Waals surface area contributed by atoms with Crippen LogP contribution in [0.3, 0.4) is 0 Å². The molecule has 3 rings (SSSR count). The first-order chi connectivity index (χ1) is 10.1. The van der Waals surface area contributed by atoms with Crippen molar-refractivity contribution in [3.05, 3.63) is 33.0 Å². The number of aromatic amines is 1. The van der Waals surface area contributed by atoms with Crippen LogP contribution in [0.15, 0.2) is 21.8 Å². The van der Waals surface area contributed by atoms with Gasteiger partial charge in [-0.25, -0.2) is 9.97 Å². The van der Waals surface area contributed by atoms with Crippen molar-refractivity contribution >= 4 is 15.9 Å². The predicted molar refractivity (Wildman–Crippen MR) is 85.4 cm³/mol. The Kier molecular flexibility index (Phi) is 3.97. The third kappa shape index (κ3) is 2.69. The minimum absolute atomic E-state index is 0.113. The molecule has 2 aromatic rings. The van der Waals surface area contributed by atoms with Crippen LogP contribution in [0.1, 0.15) is 57.2 Å². The lowest BCUT2D eigenvalue weighted by atomic mass is 10.0. The highest BCUT2D eigenvalue weighted by molar-refractivity contribution is 9.10. The van der Waals surface area contributed by atoms with Gasteiger partial charge in [-0.05, 0) is 42.6 Å². The largest absolute Gasteiger partial charge is 0.326 e. The first-order valence-corrected chi connectivity index (χ1v) is 8.19. The van der Waals surface area contributed by atoms with E-state index in [0.717, 1.165) is 24.2 Å². The lowest BCUT2D eigenvalue weighted by Crippen LogP contribution is -2.16. The molecule has 2 aromatic heterocycles. The predicted octanol–water partition coefficient (Wildman–Crippen LogP) is 3.63. The smallest absolute Gasteiger partial charge is 0.265 e. The van der Waals surface area contributed by atoms with E-state index in [9.17, 15) is 4.79 Å². The molecule has 2 heterocycles. The molecule has 0 unspecified atom stereocenters. The molecule has 0 atom stereocenters. The Balaban J connectivity index is 2.11. The van der Waals surface area contributed by atoms with Gasteiger partial charge in [0, 0.05) is 12.0 Å². The number of halogens is 1. The van der Waals surface area contributed by atoms with E-state index in [1.807, 2.05) is 4.57 Å². The van der Waals surface area contributed by atoms with Gasteiger partial charge in [0.25, 0.3) is 5.56 Å². The summed E-state index contributed by atoms with van der Waals surface area (Å²) < 4.78 is 2.60. The molecule has 21 heavy (non-hydrogen) atoms. The van der Waals surface area contributed by atoms with Crippen molar-refractivity contribution in [3.63, 3.8) is 0 Å². The highest BCUT2D eigenvalue weighted by Gasteiger charge is 2.24. The minimum Gasteiger partial charge on any atom is -0.326 e. The fourth-order valence-electron chi connectivity index (χ4n) is 2.97.